The van der Waals surface area contributed by atoms with Crippen LogP contribution in [-0.2, 0) is 21.2 Å². The van der Waals surface area contributed by atoms with Crippen molar-refractivity contribution in [2.75, 3.05) is 20.1 Å². The zero-order valence-electron chi connectivity index (χ0n) is 16.2. The number of piperidine rings is 1. The highest BCUT2D eigenvalue weighted by Crippen LogP contribution is 2.15. The predicted octanol–water partition coefficient (Wildman–Crippen LogP) is 1.91. The molecule has 7 heteroatoms. The molecule has 0 aliphatic carbocycles. The molecule has 1 fully saturated rings. The van der Waals surface area contributed by atoms with Gasteiger partial charge >= 0.3 is 0 Å². The molecule has 1 aromatic carbocycles. The molecule has 0 atom stereocenters. The van der Waals surface area contributed by atoms with Gasteiger partial charge in [-0.3, -0.25) is 4.79 Å². The largest absolute Gasteiger partial charge is 0.353 e. The maximum Gasteiger partial charge on any atom is 0.241 e. The molecule has 146 valence electrons. The van der Waals surface area contributed by atoms with E-state index in [1.165, 1.54) is 0 Å². The second-order valence-electron chi connectivity index (χ2n) is 8.14. The van der Waals surface area contributed by atoms with E-state index in [1.807, 2.05) is 20.8 Å². The lowest BCUT2D eigenvalue weighted by molar-refractivity contribution is -0.122. The number of hydrogen-bond donors (Lipinski definition) is 2. The van der Waals surface area contributed by atoms with Crippen molar-refractivity contribution in [2.45, 2.75) is 62.9 Å². The third kappa shape index (κ3) is 6.70. The van der Waals surface area contributed by atoms with E-state index in [9.17, 15) is 13.2 Å². The highest BCUT2D eigenvalue weighted by atomic mass is 32.2. The van der Waals surface area contributed by atoms with E-state index in [0.29, 0.717) is 12.8 Å². The van der Waals surface area contributed by atoms with E-state index in [1.54, 1.807) is 24.3 Å². The van der Waals surface area contributed by atoms with Gasteiger partial charge < -0.3 is 10.2 Å². The van der Waals surface area contributed by atoms with Gasteiger partial charge in [-0.15, -0.1) is 0 Å². The lowest BCUT2D eigenvalue weighted by atomic mass is 10.0. The highest BCUT2D eigenvalue weighted by molar-refractivity contribution is 7.89. The number of benzene rings is 1. The normalized spacial score (nSPS) is 17.2. The average Bonchev–Trinajstić information content (AvgIpc) is 2.53. The molecule has 1 aliphatic rings. The Morgan fingerprint density at radius 3 is 2.27 bits per heavy atom. The van der Waals surface area contributed by atoms with Crippen LogP contribution in [0.5, 0.6) is 0 Å². The Morgan fingerprint density at radius 1 is 1.15 bits per heavy atom. The fourth-order valence-corrected chi connectivity index (χ4v) is 4.43. The average molecular weight is 382 g/mol. The number of rotatable bonds is 6. The van der Waals surface area contributed by atoms with Crippen LogP contribution in [0.2, 0.25) is 0 Å². The van der Waals surface area contributed by atoms with Crippen LogP contribution >= 0.6 is 0 Å². The van der Waals surface area contributed by atoms with Crippen molar-refractivity contribution in [1.29, 1.82) is 0 Å². The second kappa shape index (κ2) is 8.50. The van der Waals surface area contributed by atoms with E-state index in [0.717, 1.165) is 31.5 Å². The Balaban J connectivity index is 1.84. The van der Waals surface area contributed by atoms with Gasteiger partial charge in [0.2, 0.25) is 15.9 Å². The van der Waals surface area contributed by atoms with Gasteiger partial charge in [-0.1, -0.05) is 12.1 Å². The van der Waals surface area contributed by atoms with Crippen molar-refractivity contribution in [2.24, 2.45) is 0 Å². The number of aryl methyl sites for hydroxylation is 1. The van der Waals surface area contributed by atoms with Crippen molar-refractivity contribution in [3.8, 4) is 0 Å². The number of carbonyl (C=O) groups is 1. The van der Waals surface area contributed by atoms with Crippen LogP contribution in [-0.4, -0.2) is 50.9 Å². The molecule has 1 saturated heterocycles. The minimum Gasteiger partial charge on any atom is -0.353 e. The molecule has 2 rings (SSSR count). The lowest BCUT2D eigenvalue weighted by Crippen LogP contribution is -2.43. The summed E-state index contributed by atoms with van der Waals surface area (Å²) in [5.74, 6) is 0.0608. The molecule has 2 N–H and O–H groups in total. The minimum absolute atomic E-state index is 0.0608. The first-order chi connectivity index (χ1) is 12.0. The van der Waals surface area contributed by atoms with Crippen LogP contribution < -0.4 is 10.0 Å². The van der Waals surface area contributed by atoms with Crippen molar-refractivity contribution >= 4 is 15.9 Å². The molecule has 0 bridgehead atoms. The Hall–Kier alpha value is -1.44. The van der Waals surface area contributed by atoms with Gasteiger partial charge in [0.1, 0.15) is 0 Å². The van der Waals surface area contributed by atoms with Gasteiger partial charge in [0.25, 0.3) is 0 Å². The van der Waals surface area contributed by atoms with Crippen LogP contribution in [0.1, 0.15) is 45.6 Å². The molecule has 0 unspecified atom stereocenters. The van der Waals surface area contributed by atoms with Gasteiger partial charge in [-0.2, -0.15) is 0 Å². The summed E-state index contributed by atoms with van der Waals surface area (Å²) in [5, 5.41) is 3.10. The lowest BCUT2D eigenvalue weighted by Gasteiger charge is -2.29. The summed E-state index contributed by atoms with van der Waals surface area (Å²) in [6.07, 6.45) is 3.01. The van der Waals surface area contributed by atoms with Gasteiger partial charge in [0, 0.05) is 18.0 Å². The van der Waals surface area contributed by atoms with Gasteiger partial charge in [-0.05, 0) is 77.9 Å². The highest BCUT2D eigenvalue weighted by Gasteiger charge is 2.22. The fraction of sp³-hybridized carbons (Fsp3) is 0.632. The molecule has 0 radical (unpaired) electrons. The van der Waals surface area contributed by atoms with E-state index < -0.39 is 15.6 Å². The summed E-state index contributed by atoms with van der Waals surface area (Å²) in [5.41, 5.74) is 0.432. The first-order valence-electron chi connectivity index (χ1n) is 9.16. The first-order valence-corrected chi connectivity index (χ1v) is 10.6. The molecule has 0 spiro atoms. The van der Waals surface area contributed by atoms with Crippen molar-refractivity contribution in [1.82, 2.24) is 14.9 Å². The minimum atomic E-state index is -3.52. The Bertz CT molecular complexity index is 701. The molecule has 1 aliphatic heterocycles. The Morgan fingerprint density at radius 2 is 1.73 bits per heavy atom. The third-order valence-corrected chi connectivity index (χ3v) is 6.17. The second-order valence-corrected chi connectivity index (χ2v) is 9.83. The van der Waals surface area contributed by atoms with E-state index >= 15 is 0 Å². The van der Waals surface area contributed by atoms with Crippen molar-refractivity contribution < 1.29 is 13.2 Å². The maximum atomic E-state index is 12.3. The van der Waals surface area contributed by atoms with E-state index in [2.05, 4.69) is 22.0 Å². The Labute approximate surface area is 157 Å². The predicted molar refractivity (Wildman–Crippen MR) is 103 cm³/mol. The molecule has 0 aromatic heterocycles. The van der Waals surface area contributed by atoms with Gasteiger partial charge in [0.15, 0.2) is 0 Å². The fourth-order valence-electron chi connectivity index (χ4n) is 3.01. The quantitative estimate of drug-likeness (QED) is 0.789. The van der Waals surface area contributed by atoms with Crippen LogP contribution in [0.25, 0.3) is 0 Å². The number of carbonyl (C=O) groups excluding carboxylic acids is 1. The SMILES string of the molecule is CN1CCC(NC(=O)CCc2ccc(S(=O)(=O)NC(C)(C)C)cc2)CC1. The molecule has 6 nitrogen and oxygen atoms in total. The van der Waals surface area contributed by atoms with Crippen LogP contribution in [0, 0.1) is 0 Å². The third-order valence-electron chi connectivity index (χ3n) is 4.40. The molecule has 0 saturated carbocycles. The van der Waals surface area contributed by atoms with Gasteiger partial charge in [-0.25, -0.2) is 13.1 Å². The molecule has 1 heterocycles. The number of nitrogens with zero attached hydrogens (tertiary/aromatic N) is 1. The summed E-state index contributed by atoms with van der Waals surface area (Å²) >= 11 is 0. The number of nitrogens with one attached hydrogen (secondary N) is 2. The summed E-state index contributed by atoms with van der Waals surface area (Å²) in [6.45, 7) is 7.46. The molecule has 1 amide bonds. The zero-order valence-corrected chi connectivity index (χ0v) is 17.0. The number of hydrogen-bond acceptors (Lipinski definition) is 4. The molecular weight excluding hydrogens is 350 g/mol. The monoisotopic (exact) mass is 381 g/mol. The van der Waals surface area contributed by atoms with Crippen molar-refractivity contribution in [3.63, 3.8) is 0 Å². The number of amides is 1. The van der Waals surface area contributed by atoms with Crippen LogP contribution in [0.15, 0.2) is 29.2 Å². The topological polar surface area (TPSA) is 78.5 Å². The standard InChI is InChI=1S/C19H31N3O3S/c1-19(2,3)21-26(24,25)17-8-5-15(6-9-17)7-10-18(23)20-16-11-13-22(4)14-12-16/h5-6,8-9,16,21H,7,10-14H2,1-4H3,(H,20,23). The zero-order chi connectivity index (χ0) is 19.4. The van der Waals surface area contributed by atoms with Gasteiger partial charge in [0.05, 0.1) is 4.90 Å². The summed E-state index contributed by atoms with van der Waals surface area (Å²) in [4.78, 5) is 14.6. The molecule has 1 aromatic rings. The number of sulfonamides is 1. The summed E-state index contributed by atoms with van der Waals surface area (Å²) in [7, 11) is -1.43. The van der Waals surface area contributed by atoms with Crippen LogP contribution in [0.4, 0.5) is 0 Å². The first kappa shape index (κ1) is 20.9. The van der Waals surface area contributed by atoms with Crippen LogP contribution in [0.3, 0.4) is 0 Å². The summed E-state index contributed by atoms with van der Waals surface area (Å²) < 4.78 is 27.2. The summed E-state index contributed by atoms with van der Waals surface area (Å²) in [6, 6.07) is 7.02. The van der Waals surface area contributed by atoms with Crippen molar-refractivity contribution in [3.05, 3.63) is 29.8 Å². The molecular formula is C19H31N3O3S. The Kier molecular flexibility index (Phi) is 6.82. The molecule has 26 heavy (non-hydrogen) atoms. The van der Waals surface area contributed by atoms with E-state index in [4.69, 9.17) is 0 Å². The number of likely N-dealkylation sites (tertiary alicyclic amines) is 1. The maximum absolute atomic E-state index is 12.3. The smallest absolute Gasteiger partial charge is 0.241 e. The van der Waals surface area contributed by atoms with E-state index in [-0.39, 0.29) is 16.8 Å².